The summed E-state index contributed by atoms with van der Waals surface area (Å²) in [6, 6.07) is 5.86. The minimum absolute atomic E-state index is 0.0944. The molecule has 0 aliphatic carbocycles. The summed E-state index contributed by atoms with van der Waals surface area (Å²) in [7, 11) is 1.56. The number of aromatic nitrogens is 4. The second-order valence-corrected chi connectivity index (χ2v) is 6.58. The predicted octanol–water partition coefficient (Wildman–Crippen LogP) is 1.10. The molecule has 2 aromatic rings. The fourth-order valence-electron chi connectivity index (χ4n) is 3.88. The maximum Gasteiger partial charge on any atom is 0.322 e. The molecule has 2 bridgehead atoms. The highest BCUT2D eigenvalue weighted by Gasteiger charge is 2.35. The third kappa shape index (κ3) is 2.92. The molecule has 2 aliphatic rings. The van der Waals surface area contributed by atoms with Gasteiger partial charge >= 0.3 is 6.01 Å². The van der Waals surface area contributed by atoms with Crippen LogP contribution in [0.5, 0.6) is 6.01 Å². The molecule has 0 amide bonds. The summed E-state index contributed by atoms with van der Waals surface area (Å²) in [5, 5.41) is 3.12. The van der Waals surface area contributed by atoms with Crippen LogP contribution in [0.4, 0.5) is 11.9 Å². The number of piperidine rings is 1. The van der Waals surface area contributed by atoms with Gasteiger partial charge in [0.2, 0.25) is 11.9 Å². The Bertz CT molecular complexity index is 836. The van der Waals surface area contributed by atoms with Crippen molar-refractivity contribution in [3.8, 4) is 6.01 Å². The molecular weight excluding hydrogens is 320 g/mol. The van der Waals surface area contributed by atoms with Gasteiger partial charge in [0.15, 0.2) is 0 Å². The predicted molar refractivity (Wildman–Crippen MR) is 94.3 cm³/mol. The molecule has 8 nitrogen and oxygen atoms in total. The first-order chi connectivity index (χ1) is 12.2. The lowest BCUT2D eigenvalue weighted by Crippen LogP contribution is -2.47. The van der Waals surface area contributed by atoms with Crippen LogP contribution in [-0.2, 0) is 6.54 Å². The third-order valence-electron chi connectivity index (χ3n) is 4.88. The van der Waals surface area contributed by atoms with Crippen molar-refractivity contribution in [1.29, 1.82) is 0 Å². The van der Waals surface area contributed by atoms with Crippen LogP contribution >= 0.6 is 0 Å². The molecule has 2 atom stereocenters. The zero-order valence-electron chi connectivity index (χ0n) is 14.5. The topological polar surface area (TPSA) is 85.2 Å². The van der Waals surface area contributed by atoms with Crippen molar-refractivity contribution in [3.05, 3.63) is 34.2 Å². The van der Waals surface area contributed by atoms with Crippen LogP contribution in [0.15, 0.2) is 23.0 Å². The minimum Gasteiger partial charge on any atom is -0.467 e. The first-order valence-electron chi connectivity index (χ1n) is 8.66. The average Bonchev–Trinajstić information content (AvgIpc) is 2.62. The van der Waals surface area contributed by atoms with Crippen molar-refractivity contribution < 1.29 is 4.74 Å². The van der Waals surface area contributed by atoms with E-state index in [0.29, 0.717) is 29.7 Å². The van der Waals surface area contributed by atoms with E-state index >= 15 is 0 Å². The summed E-state index contributed by atoms with van der Waals surface area (Å²) in [4.78, 5) is 27.5. The third-order valence-corrected chi connectivity index (χ3v) is 4.88. The van der Waals surface area contributed by atoms with Gasteiger partial charge in [0.25, 0.3) is 5.56 Å². The van der Waals surface area contributed by atoms with Crippen molar-refractivity contribution in [2.45, 2.75) is 25.8 Å². The summed E-state index contributed by atoms with van der Waals surface area (Å²) in [6.07, 6.45) is 1.10. The van der Waals surface area contributed by atoms with Crippen LogP contribution in [-0.4, -0.2) is 46.3 Å². The first-order valence-corrected chi connectivity index (χ1v) is 8.66. The van der Waals surface area contributed by atoms with Gasteiger partial charge in [-0.2, -0.15) is 15.0 Å². The van der Waals surface area contributed by atoms with Crippen LogP contribution in [0.2, 0.25) is 0 Å². The first kappa shape index (κ1) is 15.9. The second kappa shape index (κ2) is 6.34. The van der Waals surface area contributed by atoms with Crippen LogP contribution < -0.4 is 20.5 Å². The molecule has 25 heavy (non-hydrogen) atoms. The number of hydrogen-bond donors (Lipinski definition) is 1. The van der Waals surface area contributed by atoms with Gasteiger partial charge in [-0.1, -0.05) is 6.07 Å². The van der Waals surface area contributed by atoms with Crippen molar-refractivity contribution in [3.63, 3.8) is 0 Å². The summed E-state index contributed by atoms with van der Waals surface area (Å²) >= 11 is 0. The summed E-state index contributed by atoms with van der Waals surface area (Å²) in [5.41, 5.74) is 1.21. The molecule has 0 aromatic carbocycles. The SMILES string of the molecule is CCNc1nc(OC)nc(N2CC3CC(C2)c2cccc(=O)n2C3)n1. The van der Waals surface area contributed by atoms with Gasteiger partial charge in [-0.3, -0.25) is 4.79 Å². The minimum atomic E-state index is 0.0944. The van der Waals surface area contributed by atoms with E-state index in [1.807, 2.05) is 17.6 Å². The standard InChI is InChI=1S/C17H22N6O2/c1-3-18-15-19-16(21-17(20-15)25-2)22-8-11-7-12(10-22)13-5-4-6-14(24)23(13)9-11/h4-6,11-12H,3,7-10H2,1-2H3,(H,18,19,20,21). The number of nitrogens with one attached hydrogen (secondary N) is 1. The van der Waals surface area contributed by atoms with Crippen molar-refractivity contribution in [2.24, 2.45) is 5.92 Å². The Morgan fingerprint density at radius 1 is 1.24 bits per heavy atom. The average molecular weight is 342 g/mol. The normalized spacial score (nSPS) is 21.6. The quantitative estimate of drug-likeness (QED) is 0.890. The number of hydrogen-bond acceptors (Lipinski definition) is 7. The molecule has 2 aliphatic heterocycles. The van der Waals surface area contributed by atoms with Gasteiger partial charge in [0.1, 0.15) is 0 Å². The molecule has 1 fully saturated rings. The molecule has 1 N–H and O–H groups in total. The Kier molecular flexibility index (Phi) is 4.03. The summed E-state index contributed by atoms with van der Waals surface area (Å²) in [6.45, 7) is 5.10. The van der Waals surface area contributed by atoms with Crippen LogP contribution in [0.25, 0.3) is 0 Å². The van der Waals surface area contributed by atoms with Gasteiger partial charge < -0.3 is 19.5 Å². The zero-order chi connectivity index (χ0) is 17.4. The zero-order valence-corrected chi connectivity index (χ0v) is 14.5. The highest BCUT2D eigenvalue weighted by Crippen LogP contribution is 2.36. The lowest BCUT2D eigenvalue weighted by atomic mass is 9.83. The van der Waals surface area contributed by atoms with Crippen LogP contribution in [0.1, 0.15) is 25.0 Å². The molecule has 4 heterocycles. The van der Waals surface area contributed by atoms with E-state index in [9.17, 15) is 4.79 Å². The maximum absolute atomic E-state index is 12.1. The van der Waals surface area contributed by atoms with Gasteiger partial charge in [-0.15, -0.1) is 0 Å². The fraction of sp³-hybridized carbons (Fsp3) is 0.529. The molecule has 132 valence electrons. The highest BCUT2D eigenvalue weighted by molar-refractivity contribution is 5.40. The van der Waals surface area contributed by atoms with E-state index in [0.717, 1.165) is 38.3 Å². The Hall–Kier alpha value is -2.64. The van der Waals surface area contributed by atoms with E-state index in [1.165, 1.54) is 0 Å². The van der Waals surface area contributed by atoms with Gasteiger partial charge in [0.05, 0.1) is 7.11 Å². The Balaban J connectivity index is 1.66. The Labute approximate surface area is 145 Å². The Morgan fingerprint density at radius 2 is 2.12 bits per heavy atom. The lowest BCUT2D eigenvalue weighted by Gasteiger charge is -2.42. The van der Waals surface area contributed by atoms with E-state index < -0.39 is 0 Å². The van der Waals surface area contributed by atoms with Gasteiger partial charge in [-0.05, 0) is 25.3 Å². The summed E-state index contributed by atoms with van der Waals surface area (Å²) < 4.78 is 7.15. The van der Waals surface area contributed by atoms with Gasteiger partial charge in [0, 0.05) is 43.9 Å². The molecule has 8 heteroatoms. The number of ether oxygens (including phenoxy) is 1. The lowest BCUT2D eigenvalue weighted by molar-refractivity contribution is 0.279. The van der Waals surface area contributed by atoms with E-state index in [1.54, 1.807) is 13.2 Å². The molecule has 0 saturated carbocycles. The van der Waals surface area contributed by atoms with E-state index in [4.69, 9.17) is 4.74 Å². The van der Waals surface area contributed by atoms with E-state index in [2.05, 4.69) is 31.2 Å². The number of pyridine rings is 1. The van der Waals surface area contributed by atoms with Crippen LogP contribution in [0.3, 0.4) is 0 Å². The second-order valence-electron chi connectivity index (χ2n) is 6.58. The highest BCUT2D eigenvalue weighted by atomic mass is 16.5. The van der Waals surface area contributed by atoms with Crippen LogP contribution in [0, 0.1) is 5.92 Å². The monoisotopic (exact) mass is 342 g/mol. The number of anilines is 2. The summed E-state index contributed by atoms with van der Waals surface area (Å²) in [5.74, 6) is 1.88. The molecule has 2 unspecified atom stereocenters. The molecule has 0 spiro atoms. The van der Waals surface area contributed by atoms with Gasteiger partial charge in [-0.25, -0.2) is 0 Å². The van der Waals surface area contributed by atoms with Crippen molar-refractivity contribution in [2.75, 3.05) is 37.0 Å². The smallest absolute Gasteiger partial charge is 0.322 e. The molecule has 4 rings (SSSR count). The Morgan fingerprint density at radius 3 is 2.92 bits per heavy atom. The molecule has 0 radical (unpaired) electrons. The van der Waals surface area contributed by atoms with Crippen molar-refractivity contribution in [1.82, 2.24) is 19.5 Å². The molecule has 2 aromatic heterocycles. The largest absolute Gasteiger partial charge is 0.467 e. The maximum atomic E-state index is 12.1. The number of methoxy groups -OCH3 is 1. The molecule has 1 saturated heterocycles. The number of fused-ring (bicyclic) bond motifs is 4. The fourth-order valence-corrected chi connectivity index (χ4v) is 3.88. The van der Waals surface area contributed by atoms with Crippen molar-refractivity contribution >= 4 is 11.9 Å². The number of rotatable bonds is 4. The number of nitrogens with zero attached hydrogens (tertiary/aromatic N) is 5. The van der Waals surface area contributed by atoms with E-state index in [-0.39, 0.29) is 5.56 Å². The molecular formula is C17H22N6O2.